The molecule has 0 saturated carbocycles. The number of rotatable bonds is 6. The topological polar surface area (TPSA) is 0 Å². The van der Waals surface area contributed by atoms with Gasteiger partial charge in [0.2, 0.25) is 0 Å². The van der Waals surface area contributed by atoms with Gasteiger partial charge >= 0.3 is 0 Å². The molecule has 2 aromatic rings. The van der Waals surface area contributed by atoms with Crippen LogP contribution in [0.2, 0.25) is 0 Å². The molecule has 0 aliphatic rings. The van der Waals surface area contributed by atoms with Crippen molar-refractivity contribution in [3.05, 3.63) is 65.7 Å². The van der Waals surface area contributed by atoms with E-state index in [9.17, 15) is 0 Å². The molecule has 1 atom stereocenters. The van der Waals surface area contributed by atoms with Gasteiger partial charge in [-0.2, -0.15) is 0 Å². The number of aryl methyl sites for hydroxylation is 1. The molecule has 2 aromatic carbocycles. The standard InChI is InChI=1S/C17H19BrS/c1-14-7-5-6-10-17(14)15(13-18)11-12-19-16-8-3-2-4-9-16/h2-10,15H,11-13H2,1H3. The fourth-order valence-electron chi connectivity index (χ4n) is 2.20. The molecular formula is C17H19BrS. The third-order valence-electron chi connectivity index (χ3n) is 3.29. The third-order valence-corrected chi connectivity index (χ3v) is 5.12. The predicted molar refractivity (Wildman–Crippen MR) is 89.5 cm³/mol. The van der Waals surface area contributed by atoms with E-state index in [0.29, 0.717) is 5.92 Å². The highest BCUT2D eigenvalue weighted by atomic mass is 79.9. The Morgan fingerprint density at radius 2 is 1.68 bits per heavy atom. The summed E-state index contributed by atoms with van der Waals surface area (Å²) in [6.45, 7) is 2.20. The SMILES string of the molecule is Cc1ccccc1C(CBr)CCSc1ccccc1. The van der Waals surface area contributed by atoms with Gasteiger partial charge in [-0.1, -0.05) is 58.4 Å². The van der Waals surface area contributed by atoms with Crippen molar-refractivity contribution < 1.29 is 0 Å². The van der Waals surface area contributed by atoms with Crippen LogP contribution < -0.4 is 0 Å². The molecule has 2 heteroatoms. The Balaban J connectivity index is 1.92. The Morgan fingerprint density at radius 1 is 1.00 bits per heavy atom. The summed E-state index contributed by atoms with van der Waals surface area (Å²) in [5, 5.41) is 1.03. The fourth-order valence-corrected chi connectivity index (χ4v) is 3.86. The molecule has 0 aliphatic carbocycles. The van der Waals surface area contributed by atoms with Crippen LogP contribution in [0.15, 0.2) is 59.5 Å². The molecule has 2 rings (SSSR count). The summed E-state index contributed by atoms with van der Waals surface area (Å²) in [4.78, 5) is 1.36. The van der Waals surface area contributed by atoms with Crippen molar-refractivity contribution in [2.45, 2.75) is 24.2 Å². The second kappa shape index (κ2) is 7.76. The van der Waals surface area contributed by atoms with E-state index >= 15 is 0 Å². The molecule has 0 bridgehead atoms. The van der Waals surface area contributed by atoms with E-state index in [1.54, 1.807) is 0 Å². The van der Waals surface area contributed by atoms with Crippen molar-refractivity contribution in [1.29, 1.82) is 0 Å². The molecule has 0 spiro atoms. The zero-order valence-electron chi connectivity index (χ0n) is 11.2. The van der Waals surface area contributed by atoms with Gasteiger partial charge in [-0.15, -0.1) is 11.8 Å². The van der Waals surface area contributed by atoms with Crippen LogP contribution >= 0.6 is 27.7 Å². The van der Waals surface area contributed by atoms with Crippen LogP contribution in [-0.2, 0) is 0 Å². The molecule has 0 N–H and O–H groups in total. The quantitative estimate of drug-likeness (QED) is 0.485. The average Bonchev–Trinajstić information content (AvgIpc) is 2.46. The van der Waals surface area contributed by atoms with Gasteiger partial charge in [0.05, 0.1) is 0 Å². The first-order valence-electron chi connectivity index (χ1n) is 6.60. The summed E-state index contributed by atoms with van der Waals surface area (Å²) in [7, 11) is 0. The van der Waals surface area contributed by atoms with Gasteiger partial charge in [0.15, 0.2) is 0 Å². The van der Waals surface area contributed by atoms with Crippen molar-refractivity contribution >= 4 is 27.7 Å². The van der Waals surface area contributed by atoms with Crippen molar-refractivity contribution in [3.8, 4) is 0 Å². The van der Waals surface area contributed by atoms with Crippen molar-refractivity contribution in [2.24, 2.45) is 0 Å². The lowest BCUT2D eigenvalue weighted by Gasteiger charge is -2.16. The summed E-state index contributed by atoms with van der Waals surface area (Å²) >= 11 is 5.61. The first kappa shape index (κ1) is 14.7. The lowest BCUT2D eigenvalue weighted by molar-refractivity contribution is 0.751. The minimum absolute atomic E-state index is 0.609. The Bertz CT molecular complexity index is 496. The fraction of sp³-hybridized carbons (Fsp3) is 0.294. The van der Waals surface area contributed by atoms with Crippen LogP contribution in [0.3, 0.4) is 0 Å². The number of hydrogen-bond donors (Lipinski definition) is 0. The first-order chi connectivity index (χ1) is 9.31. The van der Waals surface area contributed by atoms with Crippen LogP contribution in [0.25, 0.3) is 0 Å². The smallest absolute Gasteiger partial charge is 0.0101 e. The van der Waals surface area contributed by atoms with Gasteiger partial charge in [-0.05, 0) is 48.3 Å². The summed E-state index contributed by atoms with van der Waals surface area (Å²) in [6, 6.07) is 19.4. The third kappa shape index (κ3) is 4.39. The average molecular weight is 335 g/mol. The van der Waals surface area contributed by atoms with E-state index in [2.05, 4.69) is 77.5 Å². The highest BCUT2D eigenvalue weighted by Gasteiger charge is 2.12. The summed E-state index contributed by atoms with van der Waals surface area (Å²) in [5.74, 6) is 1.77. The molecule has 0 saturated heterocycles. The van der Waals surface area contributed by atoms with Gasteiger partial charge in [0, 0.05) is 10.2 Å². The van der Waals surface area contributed by atoms with Gasteiger partial charge in [-0.25, -0.2) is 0 Å². The van der Waals surface area contributed by atoms with E-state index in [1.807, 2.05) is 11.8 Å². The Morgan fingerprint density at radius 3 is 2.37 bits per heavy atom. The second-order valence-corrected chi connectivity index (χ2v) is 6.47. The van der Waals surface area contributed by atoms with Crippen LogP contribution in [0, 0.1) is 6.92 Å². The van der Waals surface area contributed by atoms with Crippen molar-refractivity contribution in [3.63, 3.8) is 0 Å². The van der Waals surface area contributed by atoms with Crippen LogP contribution in [0.5, 0.6) is 0 Å². The van der Waals surface area contributed by atoms with E-state index in [4.69, 9.17) is 0 Å². The molecule has 19 heavy (non-hydrogen) atoms. The predicted octanol–water partition coefficient (Wildman–Crippen LogP) is 5.66. The molecule has 1 unspecified atom stereocenters. The summed E-state index contributed by atoms with van der Waals surface area (Å²) in [5.41, 5.74) is 2.88. The molecule has 0 amide bonds. The Labute approximate surface area is 128 Å². The van der Waals surface area contributed by atoms with Crippen molar-refractivity contribution in [2.75, 3.05) is 11.1 Å². The maximum atomic E-state index is 3.66. The van der Waals surface area contributed by atoms with Gasteiger partial charge in [-0.3, -0.25) is 0 Å². The number of hydrogen-bond acceptors (Lipinski definition) is 1. The van der Waals surface area contributed by atoms with E-state index < -0.39 is 0 Å². The van der Waals surface area contributed by atoms with Gasteiger partial charge < -0.3 is 0 Å². The van der Waals surface area contributed by atoms with Gasteiger partial charge in [0.1, 0.15) is 0 Å². The molecule has 0 aromatic heterocycles. The molecular weight excluding hydrogens is 316 g/mol. The zero-order valence-corrected chi connectivity index (χ0v) is 13.6. The monoisotopic (exact) mass is 334 g/mol. The normalized spacial score (nSPS) is 12.3. The van der Waals surface area contributed by atoms with Gasteiger partial charge in [0.25, 0.3) is 0 Å². The zero-order chi connectivity index (χ0) is 13.5. The number of halogens is 1. The molecule has 0 aliphatic heterocycles. The maximum Gasteiger partial charge on any atom is 0.0101 e. The molecule has 0 radical (unpaired) electrons. The summed E-state index contributed by atoms with van der Waals surface area (Å²) < 4.78 is 0. The minimum Gasteiger partial charge on any atom is -0.126 e. The van der Waals surface area contributed by atoms with Crippen LogP contribution in [0.1, 0.15) is 23.5 Å². The number of alkyl halides is 1. The van der Waals surface area contributed by atoms with E-state index in [-0.39, 0.29) is 0 Å². The highest BCUT2D eigenvalue weighted by Crippen LogP contribution is 2.28. The highest BCUT2D eigenvalue weighted by molar-refractivity contribution is 9.09. The Kier molecular flexibility index (Phi) is 5.99. The van der Waals surface area contributed by atoms with Crippen LogP contribution in [-0.4, -0.2) is 11.1 Å². The molecule has 100 valence electrons. The largest absolute Gasteiger partial charge is 0.126 e. The molecule has 0 heterocycles. The van der Waals surface area contributed by atoms with E-state index in [0.717, 1.165) is 11.1 Å². The minimum atomic E-state index is 0.609. The lowest BCUT2D eigenvalue weighted by Crippen LogP contribution is -2.03. The lowest BCUT2D eigenvalue weighted by atomic mass is 9.94. The van der Waals surface area contributed by atoms with E-state index in [1.165, 1.54) is 22.4 Å². The first-order valence-corrected chi connectivity index (χ1v) is 8.71. The molecule has 0 fully saturated rings. The summed E-state index contributed by atoms with van der Waals surface area (Å²) in [6.07, 6.45) is 1.20. The van der Waals surface area contributed by atoms with Crippen molar-refractivity contribution in [1.82, 2.24) is 0 Å². The number of benzene rings is 2. The molecule has 0 nitrogen and oxygen atoms in total. The second-order valence-electron chi connectivity index (χ2n) is 4.66. The Hall–Kier alpha value is -0.730. The number of thioether (sulfide) groups is 1. The maximum absolute atomic E-state index is 3.66. The van der Waals surface area contributed by atoms with Crippen LogP contribution in [0.4, 0.5) is 0 Å².